The molecule has 0 N–H and O–H groups in total. The molecule has 0 bridgehead atoms. The standard InChI is InChI=1S/C11H15N3O/c1-3-13(4-2)11(15)9-14-7-5-6-10(14)8-12/h5-7H,3-4,9H2,1-2H3. The second-order valence-corrected chi connectivity index (χ2v) is 3.20. The number of carbonyl (C=O) groups excluding carboxylic acids is 1. The number of aromatic nitrogens is 1. The van der Waals surface area contributed by atoms with Crippen LogP contribution in [0.25, 0.3) is 0 Å². The lowest BCUT2D eigenvalue weighted by molar-refractivity contribution is -0.131. The lowest BCUT2D eigenvalue weighted by atomic mass is 10.4. The van der Waals surface area contributed by atoms with E-state index >= 15 is 0 Å². The van der Waals surface area contributed by atoms with Gasteiger partial charge in [0, 0.05) is 19.3 Å². The van der Waals surface area contributed by atoms with Crippen molar-refractivity contribution in [2.24, 2.45) is 0 Å². The molecule has 1 aromatic heterocycles. The Morgan fingerprint density at radius 1 is 1.53 bits per heavy atom. The van der Waals surface area contributed by atoms with Crippen LogP contribution >= 0.6 is 0 Å². The molecule has 0 aliphatic rings. The summed E-state index contributed by atoms with van der Waals surface area (Å²) in [6.07, 6.45) is 1.75. The van der Waals surface area contributed by atoms with Crippen LogP contribution in [0.2, 0.25) is 0 Å². The number of nitriles is 1. The smallest absolute Gasteiger partial charge is 0.242 e. The van der Waals surface area contributed by atoms with E-state index in [-0.39, 0.29) is 12.5 Å². The van der Waals surface area contributed by atoms with Crippen molar-refractivity contribution < 1.29 is 4.79 Å². The van der Waals surface area contributed by atoms with Gasteiger partial charge in [-0.2, -0.15) is 5.26 Å². The fourth-order valence-corrected chi connectivity index (χ4v) is 1.48. The van der Waals surface area contributed by atoms with Gasteiger partial charge in [-0.3, -0.25) is 4.79 Å². The van der Waals surface area contributed by atoms with Gasteiger partial charge in [0.2, 0.25) is 5.91 Å². The third-order valence-corrected chi connectivity index (χ3v) is 2.37. The van der Waals surface area contributed by atoms with Crippen molar-refractivity contribution in [1.82, 2.24) is 9.47 Å². The van der Waals surface area contributed by atoms with E-state index < -0.39 is 0 Å². The molecule has 4 nitrogen and oxygen atoms in total. The zero-order chi connectivity index (χ0) is 11.3. The predicted molar refractivity (Wildman–Crippen MR) is 57.1 cm³/mol. The Hall–Kier alpha value is -1.76. The first-order valence-electron chi connectivity index (χ1n) is 5.05. The van der Waals surface area contributed by atoms with Crippen molar-refractivity contribution >= 4 is 5.91 Å². The maximum atomic E-state index is 11.7. The predicted octanol–water partition coefficient (Wildman–Crippen LogP) is 1.23. The van der Waals surface area contributed by atoms with Gasteiger partial charge in [-0.25, -0.2) is 0 Å². The molecular weight excluding hydrogens is 190 g/mol. The molecule has 0 unspecified atom stereocenters. The molecule has 0 fully saturated rings. The van der Waals surface area contributed by atoms with Crippen LogP contribution in [0.5, 0.6) is 0 Å². The average molecular weight is 205 g/mol. The lowest BCUT2D eigenvalue weighted by Crippen LogP contribution is -2.33. The van der Waals surface area contributed by atoms with Gasteiger partial charge in [0.1, 0.15) is 18.3 Å². The maximum Gasteiger partial charge on any atom is 0.242 e. The molecule has 1 amide bonds. The van der Waals surface area contributed by atoms with Crippen molar-refractivity contribution in [2.45, 2.75) is 20.4 Å². The third-order valence-electron chi connectivity index (χ3n) is 2.37. The van der Waals surface area contributed by atoms with Crippen molar-refractivity contribution in [3.05, 3.63) is 24.0 Å². The Bertz CT molecular complexity index is 371. The summed E-state index contributed by atoms with van der Waals surface area (Å²) < 4.78 is 1.67. The fraction of sp³-hybridized carbons (Fsp3) is 0.455. The quantitative estimate of drug-likeness (QED) is 0.742. The van der Waals surface area contributed by atoms with Crippen LogP contribution in [-0.4, -0.2) is 28.5 Å². The summed E-state index contributed by atoms with van der Waals surface area (Å²) in [5.74, 6) is 0.0488. The Morgan fingerprint density at radius 3 is 2.73 bits per heavy atom. The number of likely N-dealkylation sites (N-methyl/N-ethyl adjacent to an activating group) is 1. The molecule has 1 aromatic rings. The first kappa shape index (κ1) is 11.3. The zero-order valence-corrected chi connectivity index (χ0v) is 9.10. The second kappa shape index (κ2) is 5.20. The van der Waals surface area contributed by atoms with E-state index in [0.29, 0.717) is 18.8 Å². The number of amides is 1. The zero-order valence-electron chi connectivity index (χ0n) is 9.10. The number of hydrogen-bond acceptors (Lipinski definition) is 2. The highest BCUT2D eigenvalue weighted by molar-refractivity contribution is 5.76. The maximum absolute atomic E-state index is 11.7. The molecule has 1 heterocycles. The Morgan fingerprint density at radius 2 is 2.20 bits per heavy atom. The molecule has 0 saturated heterocycles. The number of nitrogens with zero attached hydrogens (tertiary/aromatic N) is 3. The van der Waals surface area contributed by atoms with E-state index in [9.17, 15) is 4.79 Å². The number of hydrogen-bond donors (Lipinski definition) is 0. The minimum Gasteiger partial charge on any atom is -0.342 e. The highest BCUT2D eigenvalue weighted by Crippen LogP contribution is 2.02. The van der Waals surface area contributed by atoms with Crippen molar-refractivity contribution in [3.63, 3.8) is 0 Å². The summed E-state index contributed by atoms with van der Waals surface area (Å²) in [4.78, 5) is 13.5. The summed E-state index contributed by atoms with van der Waals surface area (Å²) in [5.41, 5.74) is 0.524. The monoisotopic (exact) mass is 205 g/mol. The van der Waals surface area contributed by atoms with Gasteiger partial charge in [-0.1, -0.05) is 0 Å². The number of rotatable bonds is 4. The molecule has 0 aliphatic heterocycles. The van der Waals surface area contributed by atoms with Gasteiger partial charge < -0.3 is 9.47 Å². The summed E-state index contributed by atoms with van der Waals surface area (Å²) in [5, 5.41) is 8.78. The van der Waals surface area contributed by atoms with Crippen LogP contribution in [-0.2, 0) is 11.3 Å². The van der Waals surface area contributed by atoms with Crippen molar-refractivity contribution in [1.29, 1.82) is 5.26 Å². The summed E-state index contributed by atoms with van der Waals surface area (Å²) in [6, 6.07) is 5.52. The number of carbonyl (C=O) groups is 1. The minimum absolute atomic E-state index is 0.0488. The third kappa shape index (κ3) is 2.59. The van der Waals surface area contributed by atoms with E-state index in [1.54, 1.807) is 27.8 Å². The van der Waals surface area contributed by atoms with Crippen molar-refractivity contribution in [3.8, 4) is 6.07 Å². The van der Waals surface area contributed by atoms with Gasteiger partial charge >= 0.3 is 0 Å². The van der Waals surface area contributed by atoms with Crippen LogP contribution in [0.3, 0.4) is 0 Å². The van der Waals surface area contributed by atoms with Crippen LogP contribution in [0.15, 0.2) is 18.3 Å². The molecule has 80 valence electrons. The molecule has 1 rings (SSSR count). The van der Waals surface area contributed by atoms with Gasteiger partial charge in [0.25, 0.3) is 0 Å². The summed E-state index contributed by atoms with van der Waals surface area (Å²) >= 11 is 0. The van der Waals surface area contributed by atoms with Gasteiger partial charge in [-0.05, 0) is 26.0 Å². The lowest BCUT2D eigenvalue weighted by Gasteiger charge is -2.19. The van der Waals surface area contributed by atoms with Gasteiger partial charge in [0.05, 0.1) is 0 Å². The highest BCUT2D eigenvalue weighted by Gasteiger charge is 2.11. The Balaban J connectivity index is 2.70. The molecule has 0 atom stereocenters. The van der Waals surface area contributed by atoms with Crippen LogP contribution < -0.4 is 0 Å². The van der Waals surface area contributed by atoms with Crippen molar-refractivity contribution in [2.75, 3.05) is 13.1 Å². The largest absolute Gasteiger partial charge is 0.342 e. The first-order chi connectivity index (χ1) is 7.22. The highest BCUT2D eigenvalue weighted by atomic mass is 16.2. The van der Waals surface area contributed by atoms with Crippen LogP contribution in [0, 0.1) is 11.3 Å². The topological polar surface area (TPSA) is 49.0 Å². The van der Waals surface area contributed by atoms with Crippen LogP contribution in [0.4, 0.5) is 0 Å². The van der Waals surface area contributed by atoms with Gasteiger partial charge in [-0.15, -0.1) is 0 Å². The Labute approximate surface area is 89.7 Å². The minimum atomic E-state index is 0.0488. The molecular formula is C11H15N3O. The van der Waals surface area contributed by atoms with E-state index in [1.807, 2.05) is 19.9 Å². The SMILES string of the molecule is CCN(CC)C(=O)Cn1cccc1C#N. The molecule has 0 radical (unpaired) electrons. The molecule has 4 heteroatoms. The van der Waals surface area contributed by atoms with Gasteiger partial charge in [0.15, 0.2) is 0 Å². The van der Waals surface area contributed by atoms with Crippen LogP contribution in [0.1, 0.15) is 19.5 Å². The Kier molecular flexibility index (Phi) is 3.92. The van der Waals surface area contributed by atoms with E-state index in [2.05, 4.69) is 0 Å². The van der Waals surface area contributed by atoms with E-state index in [4.69, 9.17) is 5.26 Å². The second-order valence-electron chi connectivity index (χ2n) is 3.20. The molecule has 0 aromatic carbocycles. The molecule has 15 heavy (non-hydrogen) atoms. The fourth-order valence-electron chi connectivity index (χ4n) is 1.48. The normalized spacial score (nSPS) is 9.67. The summed E-state index contributed by atoms with van der Waals surface area (Å²) in [7, 11) is 0. The average Bonchev–Trinajstić information content (AvgIpc) is 2.67. The summed E-state index contributed by atoms with van der Waals surface area (Å²) in [6.45, 7) is 5.55. The molecule has 0 spiro atoms. The molecule has 0 aliphatic carbocycles. The first-order valence-corrected chi connectivity index (χ1v) is 5.05. The van der Waals surface area contributed by atoms with E-state index in [1.165, 1.54) is 0 Å². The van der Waals surface area contributed by atoms with E-state index in [0.717, 1.165) is 0 Å². The molecule has 0 saturated carbocycles.